The average molecular weight is 196 g/mol. The van der Waals surface area contributed by atoms with Crippen molar-refractivity contribution < 1.29 is 9.31 Å². The van der Waals surface area contributed by atoms with Gasteiger partial charge in [-0.3, -0.25) is 0 Å². The molecule has 74 valence electrons. The van der Waals surface area contributed by atoms with Crippen LogP contribution >= 0.6 is 0 Å². The van der Waals surface area contributed by atoms with Crippen LogP contribution in [0.25, 0.3) is 5.57 Å². The Balaban J connectivity index is 3.19. The summed E-state index contributed by atoms with van der Waals surface area (Å²) < 4.78 is 13.1. The topological polar surface area (TPSA) is 56.0 Å². The van der Waals surface area contributed by atoms with Crippen LogP contribution in [0.5, 0.6) is 0 Å². The molecule has 0 atom stereocenters. The zero-order chi connectivity index (χ0) is 10.7. The number of hydrogen-bond acceptors (Lipinski definition) is 3. The molecule has 1 rings (SSSR count). The lowest BCUT2D eigenvalue weighted by Gasteiger charge is -1.98. The normalized spacial score (nSPS) is 11.5. The van der Waals surface area contributed by atoms with E-state index in [1.54, 1.807) is 19.9 Å². The first kappa shape index (κ1) is 10.3. The second kappa shape index (κ2) is 3.95. The zero-order valence-electron chi connectivity index (χ0n) is 7.82. The molecule has 1 aromatic heterocycles. The van der Waals surface area contributed by atoms with Crippen molar-refractivity contribution in [3.63, 3.8) is 0 Å². The van der Waals surface area contributed by atoms with Gasteiger partial charge in [0.05, 0.1) is 0 Å². The summed E-state index contributed by atoms with van der Waals surface area (Å²) in [5, 5.41) is 10.3. The summed E-state index contributed by atoms with van der Waals surface area (Å²) in [6.45, 7) is 3.58. The van der Waals surface area contributed by atoms with Gasteiger partial charge in [-0.1, -0.05) is 6.08 Å². The van der Waals surface area contributed by atoms with Crippen LogP contribution in [0.1, 0.15) is 19.4 Å². The maximum atomic E-state index is 13.1. The Hall–Kier alpha value is -1.78. The Bertz CT molecular complexity index is 402. The largest absolute Gasteiger partial charge is 0.399 e. The zero-order valence-corrected chi connectivity index (χ0v) is 7.82. The quantitative estimate of drug-likeness (QED) is 0.539. The van der Waals surface area contributed by atoms with Gasteiger partial charge in [0.2, 0.25) is 5.82 Å². The van der Waals surface area contributed by atoms with E-state index in [4.69, 9.17) is 0 Å². The molecule has 0 unspecified atom stereocenters. The van der Waals surface area contributed by atoms with E-state index in [-0.39, 0.29) is 0 Å². The number of aromatic nitrogens is 1. The van der Waals surface area contributed by atoms with Crippen LogP contribution in [0.2, 0.25) is 0 Å². The van der Waals surface area contributed by atoms with E-state index < -0.39 is 16.6 Å². The standard InChI is InChI=1S/C9H9FN2O2/c1-3-6(2)7-4-8(10)9(11-5-7)12(13)14/h3-5H,1-2H3/b6-3+. The molecule has 0 aliphatic heterocycles. The van der Waals surface area contributed by atoms with E-state index in [1.165, 1.54) is 6.20 Å². The molecular formula is C9H9FN2O2. The maximum absolute atomic E-state index is 13.1. The van der Waals surface area contributed by atoms with Gasteiger partial charge in [-0.15, -0.1) is 0 Å². The van der Waals surface area contributed by atoms with Gasteiger partial charge in [0.15, 0.2) is 0 Å². The molecule has 0 radical (unpaired) electrons. The highest BCUT2D eigenvalue weighted by atomic mass is 19.1. The lowest BCUT2D eigenvalue weighted by atomic mass is 10.1. The third-order valence-electron chi connectivity index (χ3n) is 1.88. The highest BCUT2D eigenvalue weighted by molar-refractivity contribution is 5.63. The Kier molecular flexibility index (Phi) is 2.91. The number of nitro groups is 1. The van der Waals surface area contributed by atoms with Crippen molar-refractivity contribution in [3.8, 4) is 0 Å². The van der Waals surface area contributed by atoms with Gasteiger partial charge in [-0.25, -0.2) is 0 Å². The van der Waals surface area contributed by atoms with Crippen LogP contribution in [-0.2, 0) is 0 Å². The van der Waals surface area contributed by atoms with Crippen molar-refractivity contribution in [1.29, 1.82) is 0 Å². The number of nitrogens with zero attached hydrogens (tertiary/aromatic N) is 2. The number of halogens is 1. The molecule has 4 nitrogen and oxygen atoms in total. The summed E-state index contributed by atoms with van der Waals surface area (Å²) in [5.74, 6) is -1.65. The molecule has 0 fully saturated rings. The molecule has 0 aliphatic rings. The van der Waals surface area contributed by atoms with Gasteiger partial charge in [0, 0.05) is 5.56 Å². The fourth-order valence-corrected chi connectivity index (χ4v) is 0.947. The second-order valence-corrected chi connectivity index (χ2v) is 2.76. The summed E-state index contributed by atoms with van der Waals surface area (Å²) in [7, 11) is 0. The number of hydrogen-bond donors (Lipinski definition) is 0. The summed E-state index contributed by atoms with van der Waals surface area (Å²) in [6, 6.07) is 1.11. The molecule has 0 amide bonds. The maximum Gasteiger partial charge on any atom is 0.399 e. The summed E-state index contributed by atoms with van der Waals surface area (Å²) in [6.07, 6.45) is 3.07. The van der Waals surface area contributed by atoms with Crippen LogP contribution in [0, 0.1) is 15.9 Å². The Morgan fingerprint density at radius 1 is 1.71 bits per heavy atom. The fraction of sp³-hybridized carbons (Fsp3) is 0.222. The van der Waals surface area contributed by atoms with Gasteiger partial charge < -0.3 is 10.1 Å². The minimum Gasteiger partial charge on any atom is -0.358 e. The van der Waals surface area contributed by atoms with Crippen molar-refractivity contribution in [3.05, 3.63) is 39.8 Å². The number of allylic oxidation sites excluding steroid dienone is 2. The van der Waals surface area contributed by atoms with Crippen LogP contribution in [0.4, 0.5) is 10.2 Å². The summed E-state index contributed by atoms with van der Waals surface area (Å²) in [4.78, 5) is 12.8. The highest BCUT2D eigenvalue weighted by Crippen LogP contribution is 2.19. The van der Waals surface area contributed by atoms with Gasteiger partial charge in [0.1, 0.15) is 6.20 Å². The van der Waals surface area contributed by atoms with Crippen LogP contribution in [0.3, 0.4) is 0 Å². The molecule has 0 saturated carbocycles. The minimum absolute atomic E-state index is 0.551. The second-order valence-electron chi connectivity index (χ2n) is 2.76. The van der Waals surface area contributed by atoms with Crippen molar-refractivity contribution >= 4 is 11.4 Å². The lowest BCUT2D eigenvalue weighted by Crippen LogP contribution is -1.97. The molecule has 5 heteroatoms. The third kappa shape index (κ3) is 1.93. The molecule has 1 aromatic rings. The Labute approximate surface area is 80.2 Å². The van der Waals surface area contributed by atoms with Gasteiger partial charge in [-0.2, -0.15) is 4.39 Å². The molecule has 0 N–H and O–H groups in total. The van der Waals surface area contributed by atoms with E-state index in [0.717, 1.165) is 11.6 Å². The van der Waals surface area contributed by atoms with Crippen LogP contribution < -0.4 is 0 Å². The van der Waals surface area contributed by atoms with Crippen LogP contribution in [-0.4, -0.2) is 9.91 Å². The van der Waals surface area contributed by atoms with Crippen molar-refractivity contribution in [2.24, 2.45) is 0 Å². The average Bonchev–Trinajstić information content (AvgIpc) is 2.15. The fourth-order valence-electron chi connectivity index (χ4n) is 0.947. The SMILES string of the molecule is C/C=C(\C)c1cnc([N+](=O)[O-])c(F)c1. The van der Waals surface area contributed by atoms with E-state index in [2.05, 4.69) is 4.98 Å². The number of rotatable bonds is 2. The minimum atomic E-state index is -0.909. The predicted molar refractivity (Wildman–Crippen MR) is 50.2 cm³/mol. The van der Waals surface area contributed by atoms with E-state index in [9.17, 15) is 14.5 Å². The first-order chi connectivity index (χ1) is 6.56. The first-order valence-corrected chi connectivity index (χ1v) is 3.99. The van der Waals surface area contributed by atoms with E-state index in [1.807, 2.05) is 0 Å². The molecule has 0 spiro atoms. The monoisotopic (exact) mass is 196 g/mol. The molecule has 0 aromatic carbocycles. The molecule has 1 heterocycles. The number of pyridine rings is 1. The summed E-state index contributed by atoms with van der Waals surface area (Å²) >= 11 is 0. The molecular weight excluding hydrogens is 187 g/mol. The Morgan fingerprint density at radius 3 is 2.79 bits per heavy atom. The van der Waals surface area contributed by atoms with E-state index >= 15 is 0 Å². The third-order valence-corrected chi connectivity index (χ3v) is 1.88. The van der Waals surface area contributed by atoms with Crippen molar-refractivity contribution in [2.75, 3.05) is 0 Å². The molecule has 0 aliphatic carbocycles. The smallest absolute Gasteiger partial charge is 0.358 e. The van der Waals surface area contributed by atoms with Crippen molar-refractivity contribution in [2.45, 2.75) is 13.8 Å². The first-order valence-electron chi connectivity index (χ1n) is 3.99. The van der Waals surface area contributed by atoms with Gasteiger partial charge in [0.25, 0.3) is 0 Å². The Morgan fingerprint density at radius 2 is 2.36 bits per heavy atom. The van der Waals surface area contributed by atoms with Crippen molar-refractivity contribution in [1.82, 2.24) is 4.98 Å². The highest BCUT2D eigenvalue weighted by Gasteiger charge is 2.16. The molecule has 0 bridgehead atoms. The van der Waals surface area contributed by atoms with E-state index in [0.29, 0.717) is 5.56 Å². The lowest BCUT2D eigenvalue weighted by molar-refractivity contribution is -0.392. The molecule has 0 saturated heterocycles. The molecule has 14 heavy (non-hydrogen) atoms. The van der Waals surface area contributed by atoms with Crippen LogP contribution in [0.15, 0.2) is 18.3 Å². The van der Waals surface area contributed by atoms with Gasteiger partial charge in [-0.05, 0) is 35.4 Å². The summed E-state index contributed by atoms with van der Waals surface area (Å²) in [5.41, 5.74) is 1.38. The van der Waals surface area contributed by atoms with Gasteiger partial charge >= 0.3 is 5.82 Å². The predicted octanol–water partition coefficient (Wildman–Crippen LogP) is 2.55.